The van der Waals surface area contributed by atoms with Crippen LogP contribution in [0.1, 0.15) is 97.5 Å². The average molecular weight is 676 g/mol. The van der Waals surface area contributed by atoms with Gasteiger partial charge in [-0.1, -0.05) is 59.4 Å². The third kappa shape index (κ3) is 8.18. The lowest BCUT2D eigenvalue weighted by atomic mass is 9.85. The monoisotopic (exact) mass is 675 g/mol. The molecule has 260 valence electrons. The van der Waals surface area contributed by atoms with Crippen LogP contribution in [0.2, 0.25) is 0 Å². The first kappa shape index (κ1) is 34.9. The number of aromatic nitrogens is 1. The molecule has 5 atom stereocenters. The third-order valence-corrected chi connectivity index (χ3v) is 11.5. The van der Waals surface area contributed by atoms with Crippen molar-refractivity contribution in [1.29, 1.82) is 0 Å². The number of sulfonamides is 1. The molecule has 2 aliphatic carbocycles. The Morgan fingerprint density at radius 3 is 2.53 bits per heavy atom. The summed E-state index contributed by atoms with van der Waals surface area (Å²) in [5.74, 6) is -1.62. The SMILES string of the molecule is CC[C@@H]1C[C@]1(NC(=O)[C@@H]1C[C@H]2CN1C(=O)[C@H](C(C)(C)C)NC(=O)OCCCCCCCc1cccnc1O2)C(=O)NS(=O)(=O)C1CC1. The Balaban J connectivity index is 1.43. The molecule has 0 spiro atoms. The summed E-state index contributed by atoms with van der Waals surface area (Å²) in [5.41, 5.74) is -1.20. The molecule has 1 saturated heterocycles. The minimum absolute atomic E-state index is 0.0443. The van der Waals surface area contributed by atoms with Crippen molar-refractivity contribution < 1.29 is 37.1 Å². The van der Waals surface area contributed by atoms with E-state index in [4.69, 9.17) is 9.47 Å². The molecule has 5 rings (SSSR count). The van der Waals surface area contributed by atoms with E-state index in [9.17, 15) is 27.6 Å². The fraction of sp³-hybridized carbons (Fsp3) is 0.727. The Hall–Kier alpha value is -3.42. The van der Waals surface area contributed by atoms with Gasteiger partial charge in [-0.25, -0.2) is 18.2 Å². The number of nitrogens with one attached hydrogen (secondary N) is 3. The van der Waals surface area contributed by atoms with Gasteiger partial charge in [0, 0.05) is 18.2 Å². The van der Waals surface area contributed by atoms with E-state index < -0.39 is 68.2 Å². The van der Waals surface area contributed by atoms with Crippen molar-refractivity contribution in [3.05, 3.63) is 23.9 Å². The zero-order chi connectivity index (χ0) is 34.0. The fourth-order valence-electron chi connectivity index (χ4n) is 6.64. The molecule has 2 saturated carbocycles. The highest BCUT2D eigenvalue weighted by Gasteiger charge is 2.62. The summed E-state index contributed by atoms with van der Waals surface area (Å²) < 4.78 is 39.3. The second kappa shape index (κ2) is 14.0. The maximum absolute atomic E-state index is 14.3. The van der Waals surface area contributed by atoms with Crippen molar-refractivity contribution in [2.45, 2.75) is 127 Å². The predicted octanol–water partition coefficient (Wildman–Crippen LogP) is 2.97. The number of cyclic esters (lactones) is 1. The van der Waals surface area contributed by atoms with E-state index in [1.54, 1.807) is 6.20 Å². The molecule has 4 aliphatic rings. The molecule has 4 amide bonds. The van der Waals surface area contributed by atoms with Crippen LogP contribution in [0.5, 0.6) is 5.88 Å². The molecule has 0 unspecified atom stereocenters. The zero-order valence-corrected chi connectivity index (χ0v) is 28.7. The van der Waals surface area contributed by atoms with Gasteiger partial charge in [-0.15, -0.1) is 0 Å². The minimum Gasteiger partial charge on any atom is -0.472 e. The summed E-state index contributed by atoms with van der Waals surface area (Å²) in [5, 5.41) is 5.00. The topological polar surface area (TPSA) is 173 Å². The van der Waals surface area contributed by atoms with Crippen molar-refractivity contribution in [2.24, 2.45) is 11.3 Å². The van der Waals surface area contributed by atoms with Crippen LogP contribution in [0.4, 0.5) is 4.79 Å². The van der Waals surface area contributed by atoms with E-state index in [0.717, 1.165) is 37.7 Å². The van der Waals surface area contributed by atoms with Gasteiger partial charge in [0.05, 0.1) is 18.4 Å². The first-order valence-corrected chi connectivity index (χ1v) is 18.5. The number of hydrogen-bond donors (Lipinski definition) is 3. The lowest BCUT2D eigenvalue weighted by molar-refractivity contribution is -0.143. The molecular formula is C33H49N5O8S. The molecule has 3 heterocycles. The van der Waals surface area contributed by atoms with Gasteiger partial charge in [-0.2, -0.15) is 0 Å². The largest absolute Gasteiger partial charge is 0.472 e. The molecule has 2 bridgehead atoms. The molecule has 0 aromatic carbocycles. The number of aryl methyl sites for hydroxylation is 1. The van der Waals surface area contributed by atoms with Crippen LogP contribution in [0.3, 0.4) is 0 Å². The number of fused-ring (bicyclic) bond motifs is 3. The van der Waals surface area contributed by atoms with Crippen molar-refractivity contribution in [3.8, 4) is 5.88 Å². The average Bonchev–Trinajstić information content (AvgIpc) is 3.93. The Labute approximate surface area is 277 Å². The van der Waals surface area contributed by atoms with E-state index >= 15 is 0 Å². The number of amides is 4. The molecule has 14 heteroatoms. The van der Waals surface area contributed by atoms with E-state index in [2.05, 4.69) is 20.3 Å². The maximum Gasteiger partial charge on any atom is 0.407 e. The highest BCUT2D eigenvalue weighted by atomic mass is 32.2. The highest BCUT2D eigenvalue weighted by Crippen LogP contribution is 2.47. The van der Waals surface area contributed by atoms with Crippen molar-refractivity contribution in [3.63, 3.8) is 0 Å². The van der Waals surface area contributed by atoms with E-state index in [1.807, 2.05) is 39.8 Å². The number of rotatable bonds is 6. The zero-order valence-electron chi connectivity index (χ0n) is 27.9. The standard InChI is InChI=1S/C33H49N5O8S/c1-5-22-19-33(22,30(41)37-47(43,44)24-14-15-24)36-27(39)25-18-23-20-38(25)29(40)26(32(2,3)4)35-31(42)45-17-10-8-6-7-9-12-21-13-11-16-34-28(21)46-23/h11,13,16,22-26H,5-10,12,14-15,17-20H2,1-4H3,(H,35,42)(H,36,39)(H,37,41)/t22-,23+,25+,26-,33-/m1/s1. The summed E-state index contributed by atoms with van der Waals surface area (Å²) in [4.78, 5) is 60.5. The fourth-order valence-corrected chi connectivity index (χ4v) is 8.00. The van der Waals surface area contributed by atoms with Crippen LogP contribution in [-0.4, -0.2) is 84.2 Å². The first-order chi connectivity index (χ1) is 22.2. The number of nitrogens with zero attached hydrogens (tertiary/aromatic N) is 2. The van der Waals surface area contributed by atoms with E-state index in [0.29, 0.717) is 31.6 Å². The molecule has 3 fully saturated rings. The van der Waals surface area contributed by atoms with Gasteiger partial charge in [-0.05, 0) is 55.9 Å². The summed E-state index contributed by atoms with van der Waals surface area (Å²) in [6.45, 7) is 7.60. The smallest absolute Gasteiger partial charge is 0.407 e. The predicted molar refractivity (Wildman–Crippen MR) is 173 cm³/mol. The third-order valence-electron chi connectivity index (χ3n) is 9.72. The Morgan fingerprint density at radius 1 is 1.13 bits per heavy atom. The van der Waals surface area contributed by atoms with Crippen LogP contribution < -0.4 is 20.1 Å². The number of pyridine rings is 1. The second-order valence-electron chi connectivity index (χ2n) is 14.5. The lowest BCUT2D eigenvalue weighted by Crippen LogP contribution is -2.60. The Bertz CT molecular complexity index is 1460. The Morgan fingerprint density at radius 2 is 1.85 bits per heavy atom. The normalized spacial score (nSPS) is 29.2. The summed E-state index contributed by atoms with van der Waals surface area (Å²) in [6.07, 6.45) is 7.56. The molecule has 0 radical (unpaired) electrons. The molecule has 47 heavy (non-hydrogen) atoms. The van der Waals surface area contributed by atoms with Crippen LogP contribution in [-0.2, 0) is 35.6 Å². The van der Waals surface area contributed by atoms with Crippen molar-refractivity contribution in [2.75, 3.05) is 13.2 Å². The molecule has 13 nitrogen and oxygen atoms in total. The van der Waals surface area contributed by atoms with Crippen LogP contribution in [0, 0.1) is 11.3 Å². The number of ether oxygens (including phenoxy) is 2. The highest BCUT2D eigenvalue weighted by molar-refractivity contribution is 7.91. The van der Waals surface area contributed by atoms with Gasteiger partial charge in [0.2, 0.25) is 27.7 Å². The van der Waals surface area contributed by atoms with Gasteiger partial charge in [0.1, 0.15) is 23.7 Å². The van der Waals surface area contributed by atoms with Gasteiger partial charge in [-0.3, -0.25) is 19.1 Å². The number of alkyl carbamates (subject to hydrolysis) is 1. The molecular weight excluding hydrogens is 626 g/mol. The van der Waals surface area contributed by atoms with Crippen LogP contribution in [0.15, 0.2) is 18.3 Å². The van der Waals surface area contributed by atoms with Crippen LogP contribution in [0.25, 0.3) is 0 Å². The Kier molecular flexibility index (Phi) is 10.4. The summed E-state index contributed by atoms with van der Waals surface area (Å²) in [6, 6.07) is 1.75. The molecule has 1 aromatic rings. The summed E-state index contributed by atoms with van der Waals surface area (Å²) >= 11 is 0. The van der Waals surface area contributed by atoms with E-state index in [1.165, 1.54) is 4.90 Å². The van der Waals surface area contributed by atoms with Gasteiger partial charge >= 0.3 is 6.09 Å². The molecule has 2 aliphatic heterocycles. The van der Waals surface area contributed by atoms with Crippen molar-refractivity contribution in [1.82, 2.24) is 25.2 Å². The summed E-state index contributed by atoms with van der Waals surface area (Å²) in [7, 11) is -3.83. The van der Waals surface area contributed by atoms with Gasteiger partial charge < -0.3 is 25.0 Å². The van der Waals surface area contributed by atoms with Gasteiger partial charge in [0.15, 0.2) is 0 Å². The minimum atomic E-state index is -3.83. The number of carbonyl (C=O) groups is 4. The van der Waals surface area contributed by atoms with E-state index in [-0.39, 0.29) is 31.9 Å². The van der Waals surface area contributed by atoms with Crippen molar-refractivity contribution >= 4 is 33.8 Å². The molecule has 3 N–H and O–H groups in total. The number of carbonyl (C=O) groups excluding carboxylic acids is 4. The lowest BCUT2D eigenvalue weighted by Gasteiger charge is -2.35. The molecule has 1 aromatic heterocycles. The quantitative estimate of drug-likeness (QED) is 0.410. The van der Waals surface area contributed by atoms with Crippen LogP contribution >= 0.6 is 0 Å². The number of hydrogen-bond acceptors (Lipinski definition) is 9. The maximum atomic E-state index is 14.3. The van der Waals surface area contributed by atoms with Gasteiger partial charge in [0.25, 0.3) is 5.91 Å². The second-order valence-corrected chi connectivity index (χ2v) is 16.5. The first-order valence-electron chi connectivity index (χ1n) is 17.0.